The van der Waals surface area contributed by atoms with E-state index in [1.807, 2.05) is 18.2 Å². The van der Waals surface area contributed by atoms with Gasteiger partial charge in [0.25, 0.3) is 0 Å². The number of nitrogen functional groups attached to an aromatic ring is 2. The second-order valence-corrected chi connectivity index (χ2v) is 5.08. The molecule has 0 aliphatic heterocycles. The van der Waals surface area contributed by atoms with E-state index >= 15 is 0 Å². The number of hydrogen-bond donors (Lipinski definition) is 2. The van der Waals surface area contributed by atoms with E-state index in [1.54, 1.807) is 0 Å². The van der Waals surface area contributed by atoms with Crippen molar-refractivity contribution in [3.63, 3.8) is 0 Å². The summed E-state index contributed by atoms with van der Waals surface area (Å²) >= 11 is 0. The third-order valence-corrected chi connectivity index (χ3v) is 2.44. The van der Waals surface area contributed by atoms with Crippen LogP contribution in [0.25, 0.3) is 0 Å². The van der Waals surface area contributed by atoms with Gasteiger partial charge in [-0.05, 0) is 30.2 Å². The first-order chi connectivity index (χ1) is 6.88. The molecule has 0 aromatic heterocycles. The van der Waals surface area contributed by atoms with Crippen molar-refractivity contribution in [1.82, 2.24) is 0 Å². The first-order valence-electron chi connectivity index (χ1n) is 5.33. The van der Waals surface area contributed by atoms with Crippen molar-refractivity contribution >= 4 is 11.4 Å². The summed E-state index contributed by atoms with van der Waals surface area (Å²) < 4.78 is 0.988. The monoisotopic (exact) mass is 208 g/mol. The molecule has 3 nitrogen and oxygen atoms in total. The van der Waals surface area contributed by atoms with Crippen LogP contribution in [0, 0.1) is 0 Å². The molecule has 84 valence electrons. The standard InChI is InChI=1S/C12H22N3/c1-15(2,3)8-4-5-10-9-11(13)6-7-12(10)14/h6-7,9H,4-5,8,13-14H2,1-3H3/q+1. The molecule has 0 aliphatic rings. The highest BCUT2D eigenvalue weighted by molar-refractivity contribution is 5.55. The van der Waals surface area contributed by atoms with Gasteiger partial charge in [-0.15, -0.1) is 0 Å². The smallest absolute Gasteiger partial charge is 0.0783 e. The highest BCUT2D eigenvalue weighted by atomic mass is 15.3. The Kier molecular flexibility index (Phi) is 3.58. The Morgan fingerprint density at radius 3 is 2.40 bits per heavy atom. The molecule has 0 radical (unpaired) electrons. The van der Waals surface area contributed by atoms with Gasteiger partial charge in [0.15, 0.2) is 0 Å². The average Bonchev–Trinajstić information content (AvgIpc) is 2.09. The quantitative estimate of drug-likeness (QED) is 0.582. The van der Waals surface area contributed by atoms with Crippen LogP contribution in [0.15, 0.2) is 18.2 Å². The normalized spacial score (nSPS) is 11.7. The van der Waals surface area contributed by atoms with Crippen LogP contribution in [0.1, 0.15) is 12.0 Å². The van der Waals surface area contributed by atoms with E-state index in [-0.39, 0.29) is 0 Å². The molecule has 0 saturated carbocycles. The van der Waals surface area contributed by atoms with Gasteiger partial charge in [-0.2, -0.15) is 0 Å². The Hall–Kier alpha value is -1.22. The van der Waals surface area contributed by atoms with Gasteiger partial charge in [-0.1, -0.05) is 0 Å². The summed E-state index contributed by atoms with van der Waals surface area (Å²) in [6.45, 7) is 1.15. The van der Waals surface area contributed by atoms with Crippen molar-refractivity contribution in [1.29, 1.82) is 0 Å². The molecule has 3 heteroatoms. The van der Waals surface area contributed by atoms with Crippen molar-refractivity contribution in [2.24, 2.45) is 0 Å². The van der Waals surface area contributed by atoms with Gasteiger partial charge in [0.2, 0.25) is 0 Å². The van der Waals surface area contributed by atoms with Crippen LogP contribution < -0.4 is 11.5 Å². The van der Waals surface area contributed by atoms with Crippen LogP contribution in [-0.4, -0.2) is 32.2 Å². The lowest BCUT2D eigenvalue weighted by molar-refractivity contribution is -0.870. The average molecular weight is 208 g/mol. The van der Waals surface area contributed by atoms with Crippen molar-refractivity contribution in [2.45, 2.75) is 12.8 Å². The number of quaternary nitrogens is 1. The van der Waals surface area contributed by atoms with Gasteiger partial charge >= 0.3 is 0 Å². The zero-order valence-electron chi connectivity index (χ0n) is 9.96. The maximum Gasteiger partial charge on any atom is 0.0783 e. The first-order valence-corrected chi connectivity index (χ1v) is 5.33. The van der Waals surface area contributed by atoms with Crippen LogP contribution in [0.2, 0.25) is 0 Å². The minimum absolute atomic E-state index is 0.796. The summed E-state index contributed by atoms with van der Waals surface area (Å²) in [4.78, 5) is 0. The molecule has 15 heavy (non-hydrogen) atoms. The largest absolute Gasteiger partial charge is 0.399 e. The lowest BCUT2D eigenvalue weighted by Gasteiger charge is -2.23. The SMILES string of the molecule is C[N+](C)(C)CCCc1cc(N)ccc1N. The second kappa shape index (κ2) is 4.53. The summed E-state index contributed by atoms with van der Waals surface area (Å²) in [5, 5.41) is 0. The summed E-state index contributed by atoms with van der Waals surface area (Å²) in [6, 6.07) is 5.71. The van der Waals surface area contributed by atoms with E-state index in [4.69, 9.17) is 11.5 Å². The lowest BCUT2D eigenvalue weighted by Crippen LogP contribution is -2.35. The van der Waals surface area contributed by atoms with Crippen LogP contribution in [0.3, 0.4) is 0 Å². The number of benzene rings is 1. The van der Waals surface area contributed by atoms with Gasteiger partial charge < -0.3 is 16.0 Å². The molecule has 0 aliphatic carbocycles. The molecule has 1 aromatic rings. The van der Waals surface area contributed by atoms with Crippen molar-refractivity contribution < 1.29 is 4.48 Å². The third kappa shape index (κ3) is 4.21. The summed E-state index contributed by atoms with van der Waals surface area (Å²) in [5.74, 6) is 0. The minimum atomic E-state index is 0.796. The highest BCUT2D eigenvalue weighted by Gasteiger charge is 2.07. The molecule has 0 bridgehead atoms. The van der Waals surface area contributed by atoms with E-state index < -0.39 is 0 Å². The maximum absolute atomic E-state index is 5.88. The first kappa shape index (κ1) is 11.9. The number of rotatable bonds is 4. The number of anilines is 2. The summed E-state index contributed by atoms with van der Waals surface area (Å²) in [6.07, 6.45) is 2.14. The molecule has 1 rings (SSSR count). The van der Waals surface area contributed by atoms with Crippen LogP contribution in [-0.2, 0) is 6.42 Å². The molecule has 0 fully saturated rings. The Morgan fingerprint density at radius 2 is 1.80 bits per heavy atom. The Morgan fingerprint density at radius 1 is 1.13 bits per heavy atom. The van der Waals surface area contributed by atoms with Gasteiger partial charge in [0.1, 0.15) is 0 Å². The van der Waals surface area contributed by atoms with E-state index in [0.717, 1.165) is 35.2 Å². The fourth-order valence-corrected chi connectivity index (χ4v) is 1.59. The van der Waals surface area contributed by atoms with Crippen LogP contribution >= 0.6 is 0 Å². The molecular weight excluding hydrogens is 186 g/mol. The second-order valence-electron chi connectivity index (χ2n) is 5.08. The Bertz CT molecular complexity index is 326. The van der Waals surface area contributed by atoms with Gasteiger partial charge in [-0.3, -0.25) is 0 Å². The minimum Gasteiger partial charge on any atom is -0.399 e. The van der Waals surface area contributed by atoms with E-state index in [0.29, 0.717) is 0 Å². The van der Waals surface area contributed by atoms with Crippen molar-refractivity contribution in [3.05, 3.63) is 23.8 Å². The number of nitrogens with two attached hydrogens (primary N) is 2. The molecule has 0 heterocycles. The number of aryl methyl sites for hydroxylation is 1. The molecule has 0 spiro atoms. The Labute approximate surface area is 92.3 Å². The maximum atomic E-state index is 5.88. The molecule has 1 aromatic carbocycles. The summed E-state index contributed by atoms with van der Waals surface area (Å²) in [7, 11) is 6.59. The fraction of sp³-hybridized carbons (Fsp3) is 0.500. The molecule has 0 atom stereocenters. The fourth-order valence-electron chi connectivity index (χ4n) is 1.59. The van der Waals surface area contributed by atoms with E-state index in [9.17, 15) is 0 Å². The molecular formula is C12H22N3+. The third-order valence-electron chi connectivity index (χ3n) is 2.44. The van der Waals surface area contributed by atoms with Gasteiger partial charge in [0.05, 0.1) is 27.7 Å². The lowest BCUT2D eigenvalue weighted by atomic mass is 10.1. The topological polar surface area (TPSA) is 52.0 Å². The zero-order valence-corrected chi connectivity index (χ0v) is 9.96. The van der Waals surface area contributed by atoms with E-state index in [1.165, 1.54) is 5.56 Å². The summed E-state index contributed by atoms with van der Waals surface area (Å²) in [5.41, 5.74) is 14.4. The number of hydrogen-bond acceptors (Lipinski definition) is 2. The molecule has 0 amide bonds. The molecule has 4 N–H and O–H groups in total. The zero-order chi connectivity index (χ0) is 11.5. The number of nitrogens with zero attached hydrogens (tertiary/aromatic N) is 1. The molecule has 0 unspecified atom stereocenters. The highest BCUT2D eigenvalue weighted by Crippen LogP contribution is 2.17. The molecule has 0 saturated heterocycles. The van der Waals surface area contributed by atoms with Crippen LogP contribution in [0.4, 0.5) is 11.4 Å². The Balaban J connectivity index is 2.54. The van der Waals surface area contributed by atoms with Crippen molar-refractivity contribution in [3.8, 4) is 0 Å². The van der Waals surface area contributed by atoms with Gasteiger partial charge in [-0.25, -0.2) is 0 Å². The van der Waals surface area contributed by atoms with Crippen LogP contribution in [0.5, 0.6) is 0 Å². The van der Waals surface area contributed by atoms with Crippen molar-refractivity contribution in [2.75, 3.05) is 39.2 Å². The predicted octanol–water partition coefficient (Wildman–Crippen LogP) is 1.49. The van der Waals surface area contributed by atoms with Gasteiger partial charge in [0, 0.05) is 17.8 Å². The van der Waals surface area contributed by atoms with E-state index in [2.05, 4.69) is 21.1 Å². The predicted molar refractivity (Wildman–Crippen MR) is 66.5 cm³/mol.